The van der Waals surface area contributed by atoms with Gasteiger partial charge in [-0.2, -0.15) is 0 Å². The lowest BCUT2D eigenvalue weighted by Gasteiger charge is -2.47. The Kier molecular flexibility index (Phi) is 5.71. The van der Waals surface area contributed by atoms with Crippen molar-refractivity contribution in [3.05, 3.63) is 69.1 Å². The zero-order chi connectivity index (χ0) is 24.9. The van der Waals surface area contributed by atoms with Crippen LogP contribution >= 0.6 is 0 Å². The van der Waals surface area contributed by atoms with Crippen LogP contribution in [0, 0.1) is 25.7 Å². The molecule has 1 aromatic carbocycles. The van der Waals surface area contributed by atoms with Crippen molar-refractivity contribution in [2.45, 2.75) is 26.3 Å². The number of halogens is 2. The fourth-order valence-corrected chi connectivity index (χ4v) is 5.03. The molecule has 8 nitrogen and oxygen atoms in total. The topological polar surface area (TPSA) is 96.2 Å². The van der Waals surface area contributed by atoms with Gasteiger partial charge in [-0.1, -0.05) is 12.1 Å². The number of ether oxygens (including phenoxy) is 1. The first kappa shape index (κ1) is 23.2. The molecule has 2 aliphatic heterocycles. The molecule has 184 valence electrons. The number of carbonyl (C=O) groups is 1. The Morgan fingerprint density at radius 3 is 2.60 bits per heavy atom. The van der Waals surface area contributed by atoms with Crippen LogP contribution in [-0.2, 0) is 11.3 Å². The first-order valence-electron chi connectivity index (χ1n) is 11.5. The van der Waals surface area contributed by atoms with Crippen LogP contribution in [0.4, 0.5) is 20.3 Å². The van der Waals surface area contributed by atoms with Gasteiger partial charge in [-0.05, 0) is 37.6 Å². The molecule has 2 aliphatic rings. The first-order valence-corrected chi connectivity index (χ1v) is 11.5. The number of piperidine rings is 1. The van der Waals surface area contributed by atoms with Gasteiger partial charge in [0.15, 0.2) is 0 Å². The van der Waals surface area contributed by atoms with Gasteiger partial charge in [-0.3, -0.25) is 9.20 Å². The standard InChI is InChI=1S/C25H26F2N4O4/c1-14-7-16(8-28-20-6-4-3-5-19(20)24(33)34)22-29-21(15(2)23(32)31(22)9-14)30-10-17-12-35-13-18(11-30)25(17,26)27/h3-7,9,17-18,28H,8,10-13H2,1-2H3,(H,33,34). The number of rotatable bonds is 5. The zero-order valence-electron chi connectivity index (χ0n) is 19.4. The van der Waals surface area contributed by atoms with Gasteiger partial charge >= 0.3 is 5.97 Å². The number of benzene rings is 1. The highest BCUT2D eigenvalue weighted by atomic mass is 19.3. The van der Waals surface area contributed by atoms with Crippen molar-refractivity contribution in [2.75, 3.05) is 36.5 Å². The molecule has 2 aromatic heterocycles. The third-order valence-electron chi connectivity index (χ3n) is 6.87. The lowest BCUT2D eigenvalue weighted by atomic mass is 9.83. The number of aromatic nitrogens is 2. The van der Waals surface area contributed by atoms with E-state index in [1.807, 2.05) is 13.0 Å². The van der Waals surface area contributed by atoms with E-state index in [-0.39, 0.29) is 44.0 Å². The van der Waals surface area contributed by atoms with Crippen LogP contribution in [-0.4, -0.2) is 52.7 Å². The normalized spacial score (nSPS) is 21.2. The Morgan fingerprint density at radius 1 is 1.23 bits per heavy atom. The molecule has 2 fully saturated rings. The molecule has 3 aromatic rings. The maximum atomic E-state index is 14.7. The van der Waals surface area contributed by atoms with E-state index in [2.05, 4.69) is 5.32 Å². The second-order valence-corrected chi connectivity index (χ2v) is 9.32. The fourth-order valence-electron chi connectivity index (χ4n) is 5.03. The molecule has 2 atom stereocenters. The highest BCUT2D eigenvalue weighted by Crippen LogP contribution is 2.42. The number of hydrogen-bond donors (Lipinski definition) is 2. The molecule has 5 rings (SSSR count). The van der Waals surface area contributed by atoms with E-state index in [0.717, 1.165) is 5.56 Å². The highest BCUT2D eigenvalue weighted by molar-refractivity contribution is 5.94. The monoisotopic (exact) mass is 484 g/mol. The molecule has 10 heteroatoms. The maximum Gasteiger partial charge on any atom is 0.337 e. The van der Waals surface area contributed by atoms with Crippen LogP contribution in [0.1, 0.15) is 27.0 Å². The quantitative estimate of drug-likeness (QED) is 0.574. The van der Waals surface area contributed by atoms with Gasteiger partial charge in [-0.25, -0.2) is 18.6 Å². The van der Waals surface area contributed by atoms with Gasteiger partial charge in [0.05, 0.1) is 36.2 Å². The van der Waals surface area contributed by atoms with E-state index >= 15 is 0 Å². The summed E-state index contributed by atoms with van der Waals surface area (Å²) >= 11 is 0. The summed E-state index contributed by atoms with van der Waals surface area (Å²) in [6.07, 6.45) is 1.70. The Labute approximate surface area is 200 Å². The number of nitrogens with one attached hydrogen (secondary N) is 1. The largest absolute Gasteiger partial charge is 0.478 e. The molecule has 0 radical (unpaired) electrons. The predicted molar refractivity (Wildman–Crippen MR) is 127 cm³/mol. The van der Waals surface area contributed by atoms with Gasteiger partial charge in [0, 0.05) is 37.1 Å². The molecule has 4 heterocycles. The Balaban J connectivity index is 1.55. The summed E-state index contributed by atoms with van der Waals surface area (Å²) in [7, 11) is 0. The zero-order valence-corrected chi connectivity index (χ0v) is 19.4. The van der Waals surface area contributed by atoms with E-state index in [9.17, 15) is 23.5 Å². The Morgan fingerprint density at radius 2 is 1.91 bits per heavy atom. The predicted octanol–water partition coefficient (Wildman–Crippen LogP) is 3.34. The second kappa shape index (κ2) is 8.60. The number of fused-ring (bicyclic) bond motifs is 3. The molecule has 0 saturated carbocycles. The summed E-state index contributed by atoms with van der Waals surface area (Å²) in [4.78, 5) is 31.4. The fraction of sp³-hybridized carbons (Fsp3) is 0.400. The summed E-state index contributed by atoms with van der Waals surface area (Å²) in [6.45, 7) is 3.81. The lowest BCUT2D eigenvalue weighted by molar-refractivity contribution is -0.190. The van der Waals surface area contributed by atoms with E-state index in [4.69, 9.17) is 9.72 Å². The van der Waals surface area contributed by atoms with Gasteiger partial charge < -0.3 is 20.1 Å². The van der Waals surface area contributed by atoms with Gasteiger partial charge in [0.1, 0.15) is 11.5 Å². The Bertz CT molecular complexity index is 1360. The van der Waals surface area contributed by atoms with Crippen molar-refractivity contribution in [1.29, 1.82) is 0 Å². The molecular weight excluding hydrogens is 458 g/mol. The number of pyridine rings is 1. The van der Waals surface area contributed by atoms with Crippen LogP contribution in [0.3, 0.4) is 0 Å². The molecule has 0 aliphatic carbocycles. The highest BCUT2D eigenvalue weighted by Gasteiger charge is 2.54. The van der Waals surface area contributed by atoms with E-state index in [1.165, 1.54) is 10.5 Å². The summed E-state index contributed by atoms with van der Waals surface area (Å²) in [5, 5.41) is 12.6. The van der Waals surface area contributed by atoms with Crippen LogP contribution in [0.2, 0.25) is 0 Å². The van der Waals surface area contributed by atoms with Crippen LogP contribution in [0.5, 0.6) is 0 Å². The number of nitrogens with zero attached hydrogens (tertiary/aromatic N) is 3. The average Bonchev–Trinajstić information content (AvgIpc) is 2.80. The summed E-state index contributed by atoms with van der Waals surface area (Å²) < 4.78 is 36.1. The molecule has 2 unspecified atom stereocenters. The lowest BCUT2D eigenvalue weighted by Crippen LogP contribution is -2.59. The minimum atomic E-state index is -2.81. The van der Waals surface area contributed by atoms with E-state index in [0.29, 0.717) is 28.3 Å². The SMILES string of the molecule is Cc1cc(CNc2ccccc2C(=O)O)c2nc(N3CC4COCC(C3)C4(F)F)c(C)c(=O)n2c1. The third-order valence-corrected chi connectivity index (χ3v) is 6.87. The number of anilines is 2. The third kappa shape index (κ3) is 4.01. The van der Waals surface area contributed by atoms with Crippen molar-refractivity contribution in [3.63, 3.8) is 0 Å². The van der Waals surface area contributed by atoms with Gasteiger partial charge in [0.25, 0.3) is 11.5 Å². The summed E-state index contributed by atoms with van der Waals surface area (Å²) in [6, 6.07) is 8.45. The van der Waals surface area contributed by atoms with Crippen molar-refractivity contribution in [2.24, 2.45) is 11.8 Å². The van der Waals surface area contributed by atoms with Crippen LogP contribution in [0.25, 0.3) is 5.65 Å². The summed E-state index contributed by atoms with van der Waals surface area (Å²) in [5.41, 5.74) is 2.64. The van der Waals surface area contributed by atoms with Crippen LogP contribution < -0.4 is 15.8 Å². The minimum Gasteiger partial charge on any atom is -0.478 e. The Hall–Kier alpha value is -3.53. The molecular formula is C25H26F2N4O4. The minimum absolute atomic E-state index is 0.0248. The number of carboxylic acid groups (broad SMARTS) is 1. The molecule has 2 N–H and O–H groups in total. The second-order valence-electron chi connectivity index (χ2n) is 9.32. The van der Waals surface area contributed by atoms with Crippen molar-refractivity contribution >= 4 is 23.1 Å². The van der Waals surface area contributed by atoms with Crippen molar-refractivity contribution < 1.29 is 23.4 Å². The molecule has 2 bridgehead atoms. The van der Waals surface area contributed by atoms with Crippen molar-refractivity contribution in [1.82, 2.24) is 9.38 Å². The molecule has 2 saturated heterocycles. The molecule has 0 amide bonds. The van der Waals surface area contributed by atoms with Crippen LogP contribution in [0.15, 0.2) is 41.3 Å². The molecule has 0 spiro atoms. The van der Waals surface area contributed by atoms with E-state index < -0.39 is 23.7 Å². The number of carboxylic acids is 1. The average molecular weight is 485 g/mol. The first-order chi connectivity index (χ1) is 16.7. The van der Waals surface area contributed by atoms with Gasteiger partial charge in [-0.15, -0.1) is 0 Å². The van der Waals surface area contributed by atoms with Crippen molar-refractivity contribution in [3.8, 4) is 0 Å². The number of alkyl halides is 2. The number of hydrogen-bond acceptors (Lipinski definition) is 6. The smallest absolute Gasteiger partial charge is 0.337 e. The number of aryl methyl sites for hydroxylation is 1. The molecule has 35 heavy (non-hydrogen) atoms. The van der Waals surface area contributed by atoms with E-state index in [1.54, 1.807) is 36.2 Å². The van der Waals surface area contributed by atoms with Gasteiger partial charge in [0.2, 0.25) is 0 Å². The number of aromatic carboxylic acids is 1. The number of para-hydroxylation sites is 1. The maximum absolute atomic E-state index is 14.7. The summed E-state index contributed by atoms with van der Waals surface area (Å²) in [5.74, 6) is -5.37.